The van der Waals surface area contributed by atoms with Crippen LogP contribution in [0, 0.1) is 5.82 Å². The molecule has 4 rings (SSSR count). The number of methoxy groups -OCH3 is 1. The molecule has 0 aliphatic carbocycles. The van der Waals surface area contributed by atoms with E-state index in [1.165, 1.54) is 46.9 Å². The Morgan fingerprint density at radius 2 is 1.83 bits per heavy atom. The number of ether oxygens (including phenoxy) is 1. The summed E-state index contributed by atoms with van der Waals surface area (Å²) >= 11 is 0.912. The molecule has 0 bridgehead atoms. The van der Waals surface area contributed by atoms with Crippen LogP contribution >= 0.6 is 11.3 Å². The van der Waals surface area contributed by atoms with Gasteiger partial charge in [-0.3, -0.25) is 4.79 Å². The van der Waals surface area contributed by atoms with Gasteiger partial charge in [-0.05, 0) is 47.8 Å². The third-order valence-electron chi connectivity index (χ3n) is 5.09. The number of furan rings is 1. The maximum Gasteiger partial charge on any atom is 0.349 e. The number of carbonyl (C=O) groups is 2. The first-order chi connectivity index (χ1) is 17.3. The third-order valence-corrected chi connectivity index (χ3v) is 7.39. The van der Waals surface area contributed by atoms with Crippen LogP contribution in [0.3, 0.4) is 0 Å². The lowest BCUT2D eigenvalue weighted by Gasteiger charge is -2.23. The molecule has 4 aromatic rings. The topological polar surface area (TPSA) is 103 Å². The Kier molecular flexibility index (Phi) is 7.51. The molecule has 0 saturated carbocycles. The van der Waals surface area contributed by atoms with Crippen molar-refractivity contribution in [2.45, 2.75) is 18.0 Å². The van der Waals surface area contributed by atoms with E-state index >= 15 is 0 Å². The summed E-state index contributed by atoms with van der Waals surface area (Å²) in [6.07, 6.45) is 1.46. The molecule has 0 saturated heterocycles. The molecule has 1 amide bonds. The average molecular weight is 530 g/mol. The molecule has 0 unspecified atom stereocenters. The van der Waals surface area contributed by atoms with Crippen LogP contribution in [0.25, 0.3) is 0 Å². The van der Waals surface area contributed by atoms with Crippen LogP contribution in [0.5, 0.6) is 5.75 Å². The first-order valence-corrected chi connectivity index (χ1v) is 12.8. The van der Waals surface area contributed by atoms with Gasteiger partial charge in [0.05, 0.1) is 26.5 Å². The molecule has 0 atom stereocenters. The molecule has 0 spiro atoms. The lowest BCUT2D eigenvalue weighted by atomic mass is 10.1. The van der Waals surface area contributed by atoms with E-state index in [4.69, 9.17) is 8.60 Å². The van der Waals surface area contributed by atoms with Crippen LogP contribution in [-0.4, -0.2) is 32.3 Å². The molecular formula is C25H20FNO7S2. The fourth-order valence-electron chi connectivity index (χ4n) is 3.41. The average Bonchev–Trinajstić information content (AvgIpc) is 3.56. The summed E-state index contributed by atoms with van der Waals surface area (Å²) in [6, 6.07) is 16.2. The van der Waals surface area contributed by atoms with Gasteiger partial charge in [0.2, 0.25) is 0 Å². The molecular weight excluding hydrogens is 509 g/mol. The predicted octanol–water partition coefficient (Wildman–Crippen LogP) is 4.88. The van der Waals surface area contributed by atoms with Gasteiger partial charge in [0, 0.05) is 11.1 Å². The number of benzene rings is 2. The van der Waals surface area contributed by atoms with Gasteiger partial charge in [-0.2, -0.15) is 8.42 Å². The molecule has 0 aliphatic heterocycles. The summed E-state index contributed by atoms with van der Waals surface area (Å²) in [5.74, 6) is -1.41. The Balaban J connectivity index is 1.65. The Labute approximate surface area is 210 Å². The van der Waals surface area contributed by atoms with Crippen LogP contribution in [0.2, 0.25) is 0 Å². The number of para-hydroxylation sites is 1. The Bertz CT molecular complexity index is 1480. The van der Waals surface area contributed by atoms with Crippen LogP contribution in [-0.2, 0) is 27.9 Å². The summed E-state index contributed by atoms with van der Waals surface area (Å²) < 4.78 is 55.3. The summed E-state index contributed by atoms with van der Waals surface area (Å²) in [6.45, 7) is -0.0321. The van der Waals surface area contributed by atoms with Crippen molar-refractivity contribution in [3.05, 3.63) is 106 Å². The van der Waals surface area contributed by atoms with E-state index in [2.05, 4.69) is 4.74 Å². The van der Waals surface area contributed by atoms with E-state index < -0.39 is 27.8 Å². The van der Waals surface area contributed by atoms with Crippen molar-refractivity contribution >= 4 is 33.3 Å². The Morgan fingerprint density at radius 1 is 1.03 bits per heavy atom. The molecule has 2 aromatic heterocycles. The van der Waals surface area contributed by atoms with Gasteiger partial charge in [0.15, 0.2) is 0 Å². The highest BCUT2D eigenvalue weighted by atomic mass is 32.2. The lowest BCUT2D eigenvalue weighted by Crippen LogP contribution is -2.30. The highest BCUT2D eigenvalue weighted by Gasteiger charge is 2.28. The second-order valence-electron chi connectivity index (χ2n) is 7.50. The van der Waals surface area contributed by atoms with Crippen molar-refractivity contribution < 1.29 is 35.7 Å². The van der Waals surface area contributed by atoms with Crippen LogP contribution < -0.4 is 4.18 Å². The van der Waals surface area contributed by atoms with Crippen molar-refractivity contribution in [3.8, 4) is 5.75 Å². The highest BCUT2D eigenvalue weighted by molar-refractivity contribution is 7.87. The largest absolute Gasteiger partial charge is 0.467 e. The molecule has 0 aliphatic rings. The zero-order chi connectivity index (χ0) is 25.7. The molecule has 36 heavy (non-hydrogen) atoms. The number of esters is 1. The summed E-state index contributed by atoms with van der Waals surface area (Å²) in [4.78, 5) is 26.2. The number of amides is 1. The molecule has 0 radical (unpaired) electrons. The smallest absolute Gasteiger partial charge is 0.349 e. The zero-order valence-electron chi connectivity index (χ0n) is 18.9. The second kappa shape index (κ2) is 10.8. The molecule has 186 valence electrons. The van der Waals surface area contributed by atoms with Gasteiger partial charge < -0.3 is 18.2 Å². The minimum atomic E-state index is -4.40. The standard InChI is InChI=1S/C25H20FNO7S2/c1-32-25(29)23-22(11-13-35-23)36(30,31)34-21-10-3-2-6-18(21)15-27(16-20-9-5-12-33-20)24(28)17-7-4-8-19(26)14-17/h2-14H,15-16H2,1H3. The maximum absolute atomic E-state index is 13.8. The van der Waals surface area contributed by atoms with E-state index in [0.717, 1.165) is 24.5 Å². The predicted molar refractivity (Wildman–Crippen MR) is 129 cm³/mol. The molecule has 2 heterocycles. The van der Waals surface area contributed by atoms with Gasteiger partial charge in [0.1, 0.15) is 27.1 Å². The van der Waals surface area contributed by atoms with Crippen LogP contribution in [0.4, 0.5) is 4.39 Å². The van der Waals surface area contributed by atoms with Crippen LogP contribution in [0.1, 0.15) is 31.4 Å². The van der Waals surface area contributed by atoms with Crippen molar-refractivity contribution in [2.75, 3.05) is 7.11 Å². The normalized spacial score (nSPS) is 11.2. The van der Waals surface area contributed by atoms with E-state index in [-0.39, 0.29) is 34.2 Å². The van der Waals surface area contributed by atoms with E-state index in [1.807, 2.05) is 0 Å². The van der Waals surface area contributed by atoms with Gasteiger partial charge >= 0.3 is 16.1 Å². The van der Waals surface area contributed by atoms with Crippen LogP contribution in [0.15, 0.2) is 87.7 Å². The number of carbonyl (C=O) groups excluding carboxylic acids is 2. The minimum Gasteiger partial charge on any atom is -0.467 e. The first-order valence-electron chi connectivity index (χ1n) is 10.5. The monoisotopic (exact) mass is 529 g/mol. The molecule has 11 heteroatoms. The van der Waals surface area contributed by atoms with Gasteiger partial charge in [-0.25, -0.2) is 9.18 Å². The van der Waals surface area contributed by atoms with Gasteiger partial charge in [-0.15, -0.1) is 11.3 Å². The van der Waals surface area contributed by atoms with Crippen molar-refractivity contribution in [3.63, 3.8) is 0 Å². The van der Waals surface area contributed by atoms with Gasteiger partial charge in [-0.1, -0.05) is 24.3 Å². The third kappa shape index (κ3) is 5.64. The van der Waals surface area contributed by atoms with Crippen molar-refractivity contribution in [1.29, 1.82) is 0 Å². The lowest BCUT2D eigenvalue weighted by molar-refractivity contribution is 0.0601. The number of rotatable bonds is 9. The zero-order valence-corrected chi connectivity index (χ0v) is 20.6. The molecule has 0 N–H and O–H groups in total. The fraction of sp³-hybridized carbons (Fsp3) is 0.120. The second-order valence-corrected chi connectivity index (χ2v) is 9.93. The number of thiophene rings is 1. The maximum atomic E-state index is 13.8. The Hall–Kier alpha value is -3.96. The summed E-state index contributed by atoms with van der Waals surface area (Å²) in [5.41, 5.74) is 0.487. The number of hydrogen-bond donors (Lipinski definition) is 0. The number of nitrogens with zero attached hydrogens (tertiary/aromatic N) is 1. The summed E-state index contributed by atoms with van der Waals surface area (Å²) in [7, 11) is -3.25. The SMILES string of the molecule is COC(=O)c1sccc1S(=O)(=O)Oc1ccccc1CN(Cc1ccco1)C(=O)c1cccc(F)c1. The quantitative estimate of drug-likeness (QED) is 0.225. The van der Waals surface area contributed by atoms with Crippen molar-refractivity contribution in [1.82, 2.24) is 4.90 Å². The number of hydrogen-bond acceptors (Lipinski definition) is 8. The Morgan fingerprint density at radius 3 is 2.56 bits per heavy atom. The highest BCUT2D eigenvalue weighted by Crippen LogP contribution is 2.29. The molecule has 2 aromatic carbocycles. The first kappa shape index (κ1) is 25.1. The van der Waals surface area contributed by atoms with Crippen molar-refractivity contribution in [2.24, 2.45) is 0 Å². The fourth-order valence-corrected chi connectivity index (χ4v) is 5.69. The summed E-state index contributed by atoms with van der Waals surface area (Å²) in [5, 5.41) is 1.44. The van der Waals surface area contributed by atoms with Gasteiger partial charge in [0.25, 0.3) is 5.91 Å². The molecule has 8 nitrogen and oxygen atoms in total. The minimum absolute atomic E-state index is 0.0315. The number of halogens is 1. The van der Waals surface area contributed by atoms with E-state index in [9.17, 15) is 22.4 Å². The molecule has 0 fully saturated rings. The van der Waals surface area contributed by atoms with E-state index in [1.54, 1.807) is 30.3 Å². The van der Waals surface area contributed by atoms with E-state index in [0.29, 0.717) is 11.3 Å².